The summed E-state index contributed by atoms with van der Waals surface area (Å²) in [5.74, 6) is 0.745. The Kier molecular flexibility index (Phi) is 8.04. The van der Waals surface area contributed by atoms with E-state index in [1.807, 2.05) is 45.9 Å². The normalized spacial score (nSPS) is 10.7. The molecule has 0 saturated carbocycles. The molecule has 0 fully saturated rings. The van der Waals surface area contributed by atoms with Crippen LogP contribution >= 0.6 is 0 Å². The number of methoxy groups -OCH3 is 1. The Hall–Kier alpha value is -3.28. The van der Waals surface area contributed by atoms with Crippen LogP contribution in [0.5, 0.6) is 11.5 Å². The van der Waals surface area contributed by atoms with Gasteiger partial charge in [-0.05, 0) is 62.6 Å². The van der Waals surface area contributed by atoms with E-state index in [1.54, 1.807) is 32.4 Å². The molecule has 0 aromatic heterocycles. The maximum Gasteiger partial charge on any atom is 0.246 e. The minimum Gasteiger partial charge on any atom is -0.493 e. The lowest BCUT2D eigenvalue weighted by atomic mass is 10.1. The van der Waals surface area contributed by atoms with Crippen LogP contribution in [0.1, 0.15) is 29.2 Å². The summed E-state index contributed by atoms with van der Waals surface area (Å²) >= 11 is 0. The first-order valence-electron chi connectivity index (χ1n) is 9.86. The van der Waals surface area contributed by atoms with Crippen LogP contribution in [0.25, 0.3) is 6.08 Å². The zero-order valence-electron chi connectivity index (χ0n) is 18.5. The second kappa shape index (κ2) is 10.5. The highest BCUT2D eigenvalue weighted by molar-refractivity contribution is 5.98. The summed E-state index contributed by atoms with van der Waals surface area (Å²) in [6.07, 6.45) is 3.12. The maximum absolute atomic E-state index is 12.4. The van der Waals surface area contributed by atoms with E-state index < -0.39 is 0 Å². The minimum absolute atomic E-state index is 0.0392. The second-order valence-corrected chi connectivity index (χ2v) is 7.19. The fourth-order valence-corrected chi connectivity index (χ4v) is 3.21. The largest absolute Gasteiger partial charge is 0.493 e. The highest BCUT2D eigenvalue weighted by atomic mass is 16.5. The van der Waals surface area contributed by atoms with Crippen molar-refractivity contribution in [3.8, 4) is 11.5 Å². The van der Waals surface area contributed by atoms with Crippen LogP contribution in [-0.2, 0) is 9.59 Å². The van der Waals surface area contributed by atoms with Gasteiger partial charge in [-0.3, -0.25) is 9.59 Å². The third-order valence-electron chi connectivity index (χ3n) is 4.60. The Balaban J connectivity index is 2.00. The average molecular weight is 411 g/mol. The number of carbonyl (C=O) groups is 2. The van der Waals surface area contributed by atoms with Gasteiger partial charge in [0.15, 0.2) is 11.5 Å². The molecule has 0 atom stereocenters. The molecule has 6 nitrogen and oxygen atoms in total. The van der Waals surface area contributed by atoms with E-state index in [9.17, 15) is 9.59 Å². The SMILES string of the molecule is CCOc1ccc(/C=C/C(=O)N(C)CC(=O)Nc2c(C)cc(C)cc2C)cc1OC. The number of amides is 2. The molecule has 0 aliphatic carbocycles. The highest BCUT2D eigenvalue weighted by Crippen LogP contribution is 2.28. The third kappa shape index (κ3) is 6.11. The van der Waals surface area contributed by atoms with Gasteiger partial charge in [0.25, 0.3) is 0 Å². The van der Waals surface area contributed by atoms with E-state index in [4.69, 9.17) is 9.47 Å². The minimum atomic E-state index is -0.268. The number of aryl methyl sites for hydroxylation is 3. The van der Waals surface area contributed by atoms with Crippen LogP contribution in [0, 0.1) is 20.8 Å². The first kappa shape index (κ1) is 23.0. The Morgan fingerprint density at radius 3 is 2.33 bits per heavy atom. The Bertz CT molecular complexity index is 927. The van der Waals surface area contributed by atoms with Crippen molar-refractivity contribution in [2.75, 3.05) is 32.6 Å². The summed E-state index contributed by atoms with van der Waals surface area (Å²) in [6.45, 7) is 8.33. The molecule has 160 valence electrons. The molecule has 2 aromatic carbocycles. The maximum atomic E-state index is 12.4. The number of nitrogens with one attached hydrogen (secondary N) is 1. The number of hydrogen-bond acceptors (Lipinski definition) is 4. The number of rotatable bonds is 8. The summed E-state index contributed by atoms with van der Waals surface area (Å²) in [5.41, 5.74) is 4.74. The molecule has 2 amide bonds. The van der Waals surface area contributed by atoms with Gasteiger partial charge in [-0.25, -0.2) is 0 Å². The van der Waals surface area contributed by atoms with Gasteiger partial charge in [0.05, 0.1) is 20.3 Å². The third-order valence-corrected chi connectivity index (χ3v) is 4.60. The van der Waals surface area contributed by atoms with Gasteiger partial charge >= 0.3 is 0 Å². The number of carbonyl (C=O) groups excluding carboxylic acids is 2. The Morgan fingerprint density at radius 1 is 1.07 bits per heavy atom. The fraction of sp³-hybridized carbons (Fsp3) is 0.333. The highest BCUT2D eigenvalue weighted by Gasteiger charge is 2.13. The molecular formula is C24H30N2O4. The number of likely N-dealkylation sites (N-methyl/N-ethyl adjacent to an activating group) is 1. The van der Waals surface area contributed by atoms with Crippen LogP contribution in [0.2, 0.25) is 0 Å². The predicted molar refractivity (Wildman–Crippen MR) is 120 cm³/mol. The lowest BCUT2D eigenvalue weighted by Crippen LogP contribution is -2.34. The van der Waals surface area contributed by atoms with Crippen LogP contribution in [0.15, 0.2) is 36.4 Å². The van der Waals surface area contributed by atoms with Gasteiger partial charge in [0.2, 0.25) is 11.8 Å². The molecule has 1 N–H and O–H groups in total. The molecule has 0 unspecified atom stereocenters. The Morgan fingerprint density at radius 2 is 1.73 bits per heavy atom. The summed E-state index contributed by atoms with van der Waals surface area (Å²) in [6, 6.07) is 9.48. The van der Waals surface area contributed by atoms with Crippen molar-refractivity contribution in [2.24, 2.45) is 0 Å². The smallest absolute Gasteiger partial charge is 0.246 e. The van der Waals surface area contributed by atoms with Gasteiger partial charge in [-0.1, -0.05) is 23.8 Å². The molecule has 0 saturated heterocycles. The summed E-state index contributed by atoms with van der Waals surface area (Å²) in [4.78, 5) is 26.2. The van der Waals surface area contributed by atoms with Crippen LogP contribution < -0.4 is 14.8 Å². The summed E-state index contributed by atoms with van der Waals surface area (Å²) in [7, 11) is 3.17. The van der Waals surface area contributed by atoms with Gasteiger partial charge in [-0.2, -0.15) is 0 Å². The van der Waals surface area contributed by atoms with E-state index in [1.165, 1.54) is 11.0 Å². The predicted octanol–water partition coefficient (Wildman–Crippen LogP) is 4.13. The molecule has 30 heavy (non-hydrogen) atoms. The molecule has 2 aromatic rings. The van der Waals surface area contributed by atoms with E-state index in [0.29, 0.717) is 18.1 Å². The first-order chi connectivity index (χ1) is 14.2. The van der Waals surface area contributed by atoms with Gasteiger partial charge in [0, 0.05) is 18.8 Å². The van der Waals surface area contributed by atoms with Crippen LogP contribution in [0.3, 0.4) is 0 Å². The zero-order valence-corrected chi connectivity index (χ0v) is 18.5. The molecular weight excluding hydrogens is 380 g/mol. The Labute approximate surface area is 178 Å². The number of nitrogens with zero attached hydrogens (tertiary/aromatic N) is 1. The standard InChI is InChI=1S/C24H30N2O4/c1-7-30-20-10-8-19(14-21(20)29-6)9-11-23(28)26(5)15-22(27)25-24-17(3)12-16(2)13-18(24)4/h8-14H,7,15H2,1-6H3,(H,25,27)/b11-9+. The van der Waals surface area contributed by atoms with Crippen molar-refractivity contribution in [3.05, 3.63) is 58.7 Å². The van der Waals surface area contributed by atoms with Gasteiger partial charge in [-0.15, -0.1) is 0 Å². The molecule has 0 heterocycles. The topological polar surface area (TPSA) is 67.9 Å². The van der Waals surface area contributed by atoms with Gasteiger partial charge < -0.3 is 19.7 Å². The molecule has 0 aliphatic rings. The zero-order chi connectivity index (χ0) is 22.3. The van der Waals surface area contributed by atoms with Crippen molar-refractivity contribution in [1.29, 1.82) is 0 Å². The second-order valence-electron chi connectivity index (χ2n) is 7.19. The van der Waals surface area contributed by atoms with E-state index >= 15 is 0 Å². The van der Waals surface area contributed by atoms with E-state index in [-0.39, 0.29) is 18.4 Å². The molecule has 2 rings (SSSR count). The molecule has 0 radical (unpaired) electrons. The van der Waals surface area contributed by atoms with Crippen molar-refractivity contribution in [2.45, 2.75) is 27.7 Å². The number of anilines is 1. The van der Waals surface area contributed by atoms with Crippen molar-refractivity contribution < 1.29 is 19.1 Å². The van der Waals surface area contributed by atoms with Crippen molar-refractivity contribution in [1.82, 2.24) is 4.90 Å². The number of hydrogen-bond donors (Lipinski definition) is 1. The van der Waals surface area contributed by atoms with Crippen LogP contribution in [0.4, 0.5) is 5.69 Å². The number of benzene rings is 2. The van der Waals surface area contributed by atoms with Gasteiger partial charge in [0.1, 0.15) is 0 Å². The van der Waals surface area contributed by atoms with Crippen molar-refractivity contribution >= 4 is 23.6 Å². The lowest BCUT2D eigenvalue weighted by molar-refractivity contribution is -0.129. The van der Waals surface area contributed by atoms with Crippen LogP contribution in [-0.4, -0.2) is 44.0 Å². The molecule has 0 spiro atoms. The lowest BCUT2D eigenvalue weighted by Gasteiger charge is -2.17. The summed E-state index contributed by atoms with van der Waals surface area (Å²) < 4.78 is 10.8. The van der Waals surface area contributed by atoms with Crippen molar-refractivity contribution in [3.63, 3.8) is 0 Å². The molecule has 0 bridgehead atoms. The van der Waals surface area contributed by atoms with E-state index in [2.05, 4.69) is 5.32 Å². The quantitative estimate of drug-likeness (QED) is 0.665. The number of ether oxygens (including phenoxy) is 2. The molecule has 6 heteroatoms. The average Bonchev–Trinajstić information content (AvgIpc) is 2.69. The van der Waals surface area contributed by atoms with E-state index in [0.717, 1.165) is 27.9 Å². The molecule has 0 aliphatic heterocycles. The first-order valence-corrected chi connectivity index (χ1v) is 9.86. The summed E-state index contributed by atoms with van der Waals surface area (Å²) in [5, 5.41) is 2.91. The monoisotopic (exact) mass is 410 g/mol. The fourth-order valence-electron chi connectivity index (χ4n) is 3.21.